The van der Waals surface area contributed by atoms with E-state index >= 15 is 0 Å². The maximum atomic E-state index is 11.9. The van der Waals surface area contributed by atoms with Crippen LogP contribution in [-0.2, 0) is 4.79 Å². The number of carbonyl (C=O) groups is 2. The van der Waals surface area contributed by atoms with Gasteiger partial charge in [-0.3, -0.25) is 10.1 Å². The monoisotopic (exact) mass is 358 g/mol. The lowest BCUT2D eigenvalue weighted by Crippen LogP contribution is -2.37. The maximum Gasteiger partial charge on any atom is 0.336 e. The minimum absolute atomic E-state index is 0.0732. The number of nitrogens with one attached hydrogen (secondary N) is 2. The standard InChI is InChI=1S/C18H18N2O4S/c1-11-6-3-4-9-15(11)24-10-16(21)20-18(25)19-14-8-5-7-13(12(14)2)17(22)23/h3-9H,10H2,1-2H3,(H,22,23)(H2,19,20,21,25). The van der Waals surface area contributed by atoms with E-state index in [1.165, 1.54) is 6.07 Å². The number of rotatable bonds is 5. The third-order valence-electron chi connectivity index (χ3n) is 3.52. The number of carbonyl (C=O) groups excluding carboxylic acids is 1. The molecule has 2 aromatic rings. The van der Waals surface area contributed by atoms with E-state index in [0.29, 0.717) is 17.0 Å². The van der Waals surface area contributed by atoms with Gasteiger partial charge < -0.3 is 15.2 Å². The Balaban J connectivity index is 1.92. The molecule has 2 aromatic carbocycles. The Hall–Kier alpha value is -2.93. The smallest absolute Gasteiger partial charge is 0.336 e. The fourth-order valence-corrected chi connectivity index (χ4v) is 2.40. The number of aryl methyl sites for hydroxylation is 1. The second-order valence-electron chi connectivity index (χ2n) is 5.34. The molecule has 0 heterocycles. The number of ether oxygens (including phenoxy) is 1. The van der Waals surface area contributed by atoms with E-state index in [2.05, 4.69) is 10.6 Å². The number of carboxylic acid groups (broad SMARTS) is 1. The van der Waals surface area contributed by atoms with Crippen molar-refractivity contribution in [3.05, 3.63) is 59.2 Å². The molecule has 0 saturated carbocycles. The summed E-state index contributed by atoms with van der Waals surface area (Å²) in [5, 5.41) is 14.5. The fraction of sp³-hybridized carbons (Fsp3) is 0.167. The lowest BCUT2D eigenvalue weighted by atomic mass is 10.1. The molecule has 0 bridgehead atoms. The van der Waals surface area contributed by atoms with E-state index in [1.807, 2.05) is 25.1 Å². The lowest BCUT2D eigenvalue weighted by Gasteiger charge is -2.13. The summed E-state index contributed by atoms with van der Waals surface area (Å²) in [6, 6.07) is 12.2. The van der Waals surface area contributed by atoms with E-state index in [9.17, 15) is 9.59 Å². The number of anilines is 1. The molecule has 2 rings (SSSR count). The van der Waals surface area contributed by atoms with Crippen molar-refractivity contribution in [2.24, 2.45) is 0 Å². The van der Waals surface area contributed by atoms with Crippen molar-refractivity contribution in [3.8, 4) is 5.75 Å². The number of carboxylic acids is 1. The Morgan fingerprint density at radius 2 is 1.84 bits per heavy atom. The molecular weight excluding hydrogens is 340 g/mol. The van der Waals surface area contributed by atoms with Gasteiger partial charge in [-0.1, -0.05) is 24.3 Å². The molecule has 0 aliphatic carbocycles. The normalized spacial score (nSPS) is 10.0. The summed E-state index contributed by atoms with van der Waals surface area (Å²) in [5.41, 5.74) is 2.15. The van der Waals surface area contributed by atoms with E-state index < -0.39 is 11.9 Å². The summed E-state index contributed by atoms with van der Waals surface area (Å²) >= 11 is 5.09. The highest BCUT2D eigenvalue weighted by Crippen LogP contribution is 2.19. The van der Waals surface area contributed by atoms with Crippen molar-refractivity contribution in [2.45, 2.75) is 13.8 Å². The van der Waals surface area contributed by atoms with Crippen LogP contribution < -0.4 is 15.4 Å². The van der Waals surface area contributed by atoms with Gasteiger partial charge in [0.05, 0.1) is 5.56 Å². The van der Waals surface area contributed by atoms with Crippen molar-refractivity contribution in [1.29, 1.82) is 0 Å². The van der Waals surface area contributed by atoms with E-state index in [0.717, 1.165) is 5.56 Å². The first kappa shape index (κ1) is 18.4. The van der Waals surface area contributed by atoms with Crippen LogP contribution in [0.3, 0.4) is 0 Å². The molecule has 0 fully saturated rings. The number of amides is 1. The first-order valence-electron chi connectivity index (χ1n) is 7.50. The third-order valence-corrected chi connectivity index (χ3v) is 3.72. The molecule has 7 heteroatoms. The van der Waals surface area contributed by atoms with Crippen LogP contribution in [0.2, 0.25) is 0 Å². The molecule has 0 aromatic heterocycles. The van der Waals surface area contributed by atoms with Crippen molar-refractivity contribution in [3.63, 3.8) is 0 Å². The van der Waals surface area contributed by atoms with Gasteiger partial charge in [-0.15, -0.1) is 0 Å². The van der Waals surface area contributed by atoms with Gasteiger partial charge in [0.1, 0.15) is 5.75 Å². The molecule has 3 N–H and O–H groups in total. The highest BCUT2D eigenvalue weighted by atomic mass is 32.1. The van der Waals surface area contributed by atoms with Gasteiger partial charge >= 0.3 is 5.97 Å². The molecular formula is C18H18N2O4S. The maximum absolute atomic E-state index is 11.9. The second kappa shape index (κ2) is 8.25. The highest BCUT2D eigenvalue weighted by molar-refractivity contribution is 7.80. The van der Waals surface area contributed by atoms with Crippen LogP contribution in [0.4, 0.5) is 5.69 Å². The molecule has 25 heavy (non-hydrogen) atoms. The number of hydrogen-bond donors (Lipinski definition) is 3. The Labute approximate surface area is 150 Å². The van der Waals surface area contributed by atoms with Gasteiger partial charge in [-0.05, 0) is 55.4 Å². The summed E-state index contributed by atoms with van der Waals surface area (Å²) in [6.07, 6.45) is 0. The molecule has 0 radical (unpaired) electrons. The number of benzene rings is 2. The van der Waals surface area contributed by atoms with Crippen LogP contribution >= 0.6 is 12.2 Å². The number of para-hydroxylation sites is 1. The van der Waals surface area contributed by atoms with Crippen LogP contribution in [-0.4, -0.2) is 28.7 Å². The first-order chi connectivity index (χ1) is 11.9. The van der Waals surface area contributed by atoms with E-state index in [1.54, 1.807) is 25.1 Å². The molecule has 0 saturated heterocycles. The summed E-state index contributed by atoms with van der Waals surface area (Å²) in [6.45, 7) is 3.37. The second-order valence-corrected chi connectivity index (χ2v) is 5.75. The molecule has 1 amide bonds. The number of thiocarbonyl (C=S) groups is 1. The minimum atomic E-state index is -1.03. The molecule has 0 aliphatic heterocycles. The van der Waals surface area contributed by atoms with E-state index in [4.69, 9.17) is 22.1 Å². The zero-order chi connectivity index (χ0) is 18.4. The van der Waals surface area contributed by atoms with Gasteiger partial charge in [0.15, 0.2) is 11.7 Å². The summed E-state index contributed by atoms with van der Waals surface area (Å²) in [7, 11) is 0. The van der Waals surface area contributed by atoms with Gasteiger partial charge in [-0.2, -0.15) is 0 Å². The Kier molecular flexibility index (Phi) is 6.08. The van der Waals surface area contributed by atoms with Crippen LogP contribution in [0.1, 0.15) is 21.5 Å². The largest absolute Gasteiger partial charge is 0.483 e. The minimum Gasteiger partial charge on any atom is -0.483 e. The SMILES string of the molecule is Cc1ccccc1OCC(=O)NC(=S)Nc1cccc(C(=O)O)c1C. The highest BCUT2D eigenvalue weighted by Gasteiger charge is 2.12. The third kappa shape index (κ3) is 5.02. The summed E-state index contributed by atoms with van der Waals surface area (Å²) in [5.74, 6) is -0.808. The van der Waals surface area contributed by atoms with Gasteiger partial charge in [0.25, 0.3) is 5.91 Å². The predicted molar refractivity (Wildman–Crippen MR) is 99.2 cm³/mol. The predicted octanol–water partition coefficient (Wildman–Crippen LogP) is 2.89. The van der Waals surface area contributed by atoms with Crippen LogP contribution in [0.25, 0.3) is 0 Å². The topological polar surface area (TPSA) is 87.7 Å². The Morgan fingerprint density at radius 1 is 1.12 bits per heavy atom. The number of aromatic carboxylic acids is 1. The van der Waals surface area contributed by atoms with Gasteiger partial charge in [0.2, 0.25) is 0 Å². The molecule has 0 atom stereocenters. The summed E-state index contributed by atoms with van der Waals surface area (Å²) in [4.78, 5) is 23.1. The van der Waals surface area contributed by atoms with Gasteiger partial charge in [-0.25, -0.2) is 4.79 Å². The van der Waals surface area contributed by atoms with Crippen molar-refractivity contribution in [2.75, 3.05) is 11.9 Å². The molecule has 0 spiro atoms. The zero-order valence-electron chi connectivity index (χ0n) is 13.8. The van der Waals surface area contributed by atoms with Crippen molar-refractivity contribution < 1.29 is 19.4 Å². The molecule has 6 nitrogen and oxygen atoms in total. The Bertz CT molecular complexity index is 820. The molecule has 0 aliphatic rings. The van der Waals surface area contributed by atoms with Crippen LogP contribution in [0.5, 0.6) is 5.75 Å². The molecule has 130 valence electrons. The van der Waals surface area contributed by atoms with Crippen LogP contribution in [0.15, 0.2) is 42.5 Å². The van der Waals surface area contributed by atoms with Gasteiger partial charge in [0, 0.05) is 5.69 Å². The quantitative estimate of drug-likeness (QED) is 0.713. The van der Waals surface area contributed by atoms with E-state index in [-0.39, 0.29) is 17.3 Å². The first-order valence-corrected chi connectivity index (χ1v) is 7.91. The Morgan fingerprint density at radius 3 is 2.52 bits per heavy atom. The average molecular weight is 358 g/mol. The van der Waals surface area contributed by atoms with Crippen molar-refractivity contribution in [1.82, 2.24) is 5.32 Å². The fourth-order valence-electron chi connectivity index (χ4n) is 2.18. The average Bonchev–Trinajstić information content (AvgIpc) is 2.55. The molecule has 0 unspecified atom stereocenters. The zero-order valence-corrected chi connectivity index (χ0v) is 14.6. The lowest BCUT2D eigenvalue weighted by molar-refractivity contribution is -0.121. The number of hydrogen-bond acceptors (Lipinski definition) is 4. The van der Waals surface area contributed by atoms with Crippen molar-refractivity contribution >= 4 is 34.9 Å². The van der Waals surface area contributed by atoms with Crippen LogP contribution in [0, 0.1) is 13.8 Å². The summed E-state index contributed by atoms with van der Waals surface area (Å²) < 4.78 is 5.45.